The van der Waals surface area contributed by atoms with Crippen LogP contribution in [0.3, 0.4) is 0 Å². The Morgan fingerprint density at radius 3 is 2.56 bits per heavy atom. The molecule has 86 valence electrons. The highest BCUT2D eigenvalue weighted by molar-refractivity contribution is 5.33. The second kappa shape index (κ2) is 4.84. The quantitative estimate of drug-likeness (QED) is 0.571. The van der Waals surface area contributed by atoms with Gasteiger partial charge in [0.05, 0.1) is 0 Å². The molecule has 1 atom stereocenters. The second-order valence-electron chi connectivity index (χ2n) is 4.85. The van der Waals surface area contributed by atoms with Crippen LogP contribution in [0.1, 0.15) is 37.7 Å². The maximum Gasteiger partial charge on any atom is 0.0136 e. The summed E-state index contributed by atoms with van der Waals surface area (Å²) in [6.07, 6.45) is 7.85. The summed E-state index contributed by atoms with van der Waals surface area (Å²) in [4.78, 5) is 0. The van der Waals surface area contributed by atoms with Crippen molar-refractivity contribution in [2.75, 3.05) is 0 Å². The Morgan fingerprint density at radius 2 is 2.00 bits per heavy atom. The van der Waals surface area contributed by atoms with Crippen molar-refractivity contribution >= 4 is 0 Å². The summed E-state index contributed by atoms with van der Waals surface area (Å²) >= 11 is 0. The maximum atomic E-state index is 6.35. The van der Waals surface area contributed by atoms with Gasteiger partial charge in [-0.2, -0.15) is 0 Å². The van der Waals surface area contributed by atoms with E-state index >= 15 is 0 Å². The zero-order chi connectivity index (χ0) is 11.4. The number of hydrogen-bond acceptors (Lipinski definition) is 1. The van der Waals surface area contributed by atoms with Crippen LogP contribution in [-0.4, -0.2) is 6.04 Å². The number of unbranched alkanes of at least 4 members (excludes halogenated alkanes) is 1. The minimum Gasteiger partial charge on any atom is -0.327 e. The number of benzene rings is 1. The van der Waals surface area contributed by atoms with Crippen molar-refractivity contribution in [3.05, 3.63) is 48.6 Å². The lowest BCUT2D eigenvalue weighted by molar-refractivity contribution is 0.472. The first kappa shape index (κ1) is 11.4. The molecule has 1 aliphatic carbocycles. The van der Waals surface area contributed by atoms with Crippen molar-refractivity contribution in [1.82, 2.24) is 0 Å². The molecule has 16 heavy (non-hydrogen) atoms. The Morgan fingerprint density at radius 1 is 1.31 bits per heavy atom. The third-order valence-electron chi connectivity index (χ3n) is 3.77. The van der Waals surface area contributed by atoms with Crippen LogP contribution in [0.5, 0.6) is 0 Å². The van der Waals surface area contributed by atoms with Crippen LogP contribution in [0.15, 0.2) is 43.0 Å². The molecule has 0 amide bonds. The first-order valence-electron chi connectivity index (χ1n) is 6.21. The predicted molar refractivity (Wildman–Crippen MR) is 69.4 cm³/mol. The van der Waals surface area contributed by atoms with Crippen molar-refractivity contribution in [2.24, 2.45) is 5.73 Å². The molecule has 0 aromatic heterocycles. The number of rotatable bonds is 6. The monoisotopic (exact) mass is 215 g/mol. The Labute approximate surface area is 98.4 Å². The zero-order valence-corrected chi connectivity index (χ0v) is 9.86. The number of allylic oxidation sites excluding steroid dienone is 1. The molecule has 0 radical (unpaired) electrons. The van der Waals surface area contributed by atoms with Crippen LogP contribution in [0.2, 0.25) is 0 Å². The van der Waals surface area contributed by atoms with E-state index < -0.39 is 0 Å². The molecule has 1 saturated carbocycles. The third kappa shape index (κ3) is 2.19. The van der Waals surface area contributed by atoms with Gasteiger partial charge in [0.25, 0.3) is 0 Å². The SMILES string of the molecule is C=CCCCC(N)C1(c2ccccc2)CC1. The van der Waals surface area contributed by atoms with Gasteiger partial charge in [-0.3, -0.25) is 0 Å². The molecule has 1 nitrogen and oxygen atoms in total. The van der Waals surface area contributed by atoms with Gasteiger partial charge < -0.3 is 5.73 Å². The topological polar surface area (TPSA) is 26.0 Å². The molecule has 2 N–H and O–H groups in total. The molecule has 1 aromatic rings. The average Bonchev–Trinajstić information content (AvgIpc) is 3.12. The van der Waals surface area contributed by atoms with Crippen LogP contribution in [0.4, 0.5) is 0 Å². The van der Waals surface area contributed by atoms with E-state index in [1.54, 1.807) is 0 Å². The van der Waals surface area contributed by atoms with Gasteiger partial charge in [0, 0.05) is 11.5 Å². The summed E-state index contributed by atoms with van der Waals surface area (Å²) in [7, 11) is 0. The molecule has 0 heterocycles. The lowest BCUT2D eigenvalue weighted by atomic mass is 9.86. The molecule has 1 heteroatoms. The van der Waals surface area contributed by atoms with E-state index in [1.165, 1.54) is 24.8 Å². The highest BCUT2D eigenvalue weighted by Gasteiger charge is 2.48. The molecule has 0 saturated heterocycles. The normalized spacial score (nSPS) is 19.1. The van der Waals surface area contributed by atoms with E-state index in [4.69, 9.17) is 5.73 Å². The number of hydrogen-bond donors (Lipinski definition) is 1. The van der Waals surface area contributed by atoms with Gasteiger partial charge in [0.2, 0.25) is 0 Å². The highest BCUT2D eigenvalue weighted by atomic mass is 14.7. The van der Waals surface area contributed by atoms with Crippen molar-refractivity contribution in [1.29, 1.82) is 0 Å². The summed E-state index contributed by atoms with van der Waals surface area (Å²) in [5.41, 5.74) is 8.08. The predicted octanol–water partition coefficient (Wildman–Crippen LogP) is 3.40. The molecule has 1 fully saturated rings. The summed E-state index contributed by atoms with van der Waals surface area (Å²) in [6.45, 7) is 3.75. The molecule has 1 unspecified atom stereocenters. The molecule has 0 aliphatic heterocycles. The van der Waals surface area contributed by atoms with Gasteiger partial charge in [-0.1, -0.05) is 36.4 Å². The first-order valence-corrected chi connectivity index (χ1v) is 6.21. The molecule has 0 bridgehead atoms. The van der Waals surface area contributed by atoms with Gasteiger partial charge in [0.15, 0.2) is 0 Å². The molecular formula is C15H21N. The standard InChI is InChI=1S/C15H21N/c1-2-3-5-10-14(16)15(11-12-15)13-8-6-4-7-9-13/h2,4,6-9,14H,1,3,5,10-12,16H2. The number of nitrogens with two attached hydrogens (primary N) is 1. The van der Waals surface area contributed by atoms with Gasteiger partial charge >= 0.3 is 0 Å². The van der Waals surface area contributed by atoms with E-state index in [9.17, 15) is 0 Å². The lowest BCUT2D eigenvalue weighted by Crippen LogP contribution is -2.34. The Balaban J connectivity index is 2.00. The Kier molecular flexibility index (Phi) is 3.45. The summed E-state index contributed by atoms with van der Waals surface area (Å²) < 4.78 is 0. The molecule has 1 aliphatic rings. The van der Waals surface area contributed by atoms with E-state index in [0.29, 0.717) is 11.5 Å². The maximum absolute atomic E-state index is 6.35. The van der Waals surface area contributed by atoms with Crippen molar-refractivity contribution in [3.63, 3.8) is 0 Å². The van der Waals surface area contributed by atoms with Gasteiger partial charge in [-0.15, -0.1) is 6.58 Å². The van der Waals surface area contributed by atoms with Crippen molar-refractivity contribution in [2.45, 2.75) is 43.6 Å². The lowest BCUT2D eigenvalue weighted by Gasteiger charge is -2.23. The van der Waals surface area contributed by atoms with Crippen LogP contribution >= 0.6 is 0 Å². The van der Waals surface area contributed by atoms with Crippen LogP contribution in [-0.2, 0) is 5.41 Å². The fourth-order valence-electron chi connectivity index (χ4n) is 2.54. The Hall–Kier alpha value is -1.08. The van der Waals surface area contributed by atoms with Gasteiger partial charge in [0.1, 0.15) is 0 Å². The van der Waals surface area contributed by atoms with Gasteiger partial charge in [-0.25, -0.2) is 0 Å². The van der Waals surface area contributed by atoms with Crippen molar-refractivity contribution < 1.29 is 0 Å². The smallest absolute Gasteiger partial charge is 0.0136 e. The van der Waals surface area contributed by atoms with Crippen molar-refractivity contribution in [3.8, 4) is 0 Å². The third-order valence-corrected chi connectivity index (χ3v) is 3.77. The summed E-state index contributed by atoms with van der Waals surface area (Å²) in [5, 5.41) is 0. The Bertz CT molecular complexity index is 338. The van der Waals surface area contributed by atoms with E-state index in [2.05, 4.69) is 36.9 Å². The largest absolute Gasteiger partial charge is 0.327 e. The van der Waals surface area contributed by atoms with E-state index in [1.807, 2.05) is 6.08 Å². The van der Waals surface area contributed by atoms with Crippen LogP contribution in [0, 0.1) is 0 Å². The highest BCUT2D eigenvalue weighted by Crippen LogP contribution is 2.51. The van der Waals surface area contributed by atoms with Gasteiger partial charge in [-0.05, 0) is 37.7 Å². The first-order chi connectivity index (χ1) is 7.79. The fourth-order valence-corrected chi connectivity index (χ4v) is 2.54. The minimum absolute atomic E-state index is 0.294. The molecule has 1 aromatic carbocycles. The minimum atomic E-state index is 0.294. The molecule has 2 rings (SSSR count). The van der Waals surface area contributed by atoms with Crippen LogP contribution in [0.25, 0.3) is 0 Å². The average molecular weight is 215 g/mol. The fraction of sp³-hybridized carbons (Fsp3) is 0.467. The zero-order valence-electron chi connectivity index (χ0n) is 9.86. The van der Waals surface area contributed by atoms with E-state index in [-0.39, 0.29) is 0 Å². The van der Waals surface area contributed by atoms with E-state index in [0.717, 1.165) is 12.8 Å². The molecular weight excluding hydrogens is 194 g/mol. The molecule has 0 spiro atoms. The summed E-state index contributed by atoms with van der Waals surface area (Å²) in [6, 6.07) is 11.1. The van der Waals surface area contributed by atoms with Crippen LogP contribution < -0.4 is 5.73 Å². The second-order valence-corrected chi connectivity index (χ2v) is 4.85. The summed E-state index contributed by atoms with van der Waals surface area (Å²) in [5.74, 6) is 0.